The number of carbonyl (C=O) groups is 2. The number of amides is 2. The number of imide groups is 1. The highest BCUT2D eigenvalue weighted by Crippen LogP contribution is 2.18. The van der Waals surface area contributed by atoms with Crippen molar-refractivity contribution in [2.45, 2.75) is 32.7 Å². The summed E-state index contributed by atoms with van der Waals surface area (Å²) in [5, 5.41) is 0. The zero-order valence-corrected chi connectivity index (χ0v) is 8.12. The van der Waals surface area contributed by atoms with Gasteiger partial charge in [0.2, 0.25) is 11.8 Å². The van der Waals surface area contributed by atoms with Crippen LogP contribution in [0.3, 0.4) is 0 Å². The summed E-state index contributed by atoms with van der Waals surface area (Å²) in [5.41, 5.74) is 5.54. The molecule has 4 heteroatoms. The van der Waals surface area contributed by atoms with E-state index in [2.05, 4.69) is 0 Å². The van der Waals surface area contributed by atoms with Gasteiger partial charge in [0.05, 0.1) is 0 Å². The van der Waals surface area contributed by atoms with Crippen molar-refractivity contribution in [3.8, 4) is 0 Å². The molecule has 1 rings (SSSR count). The quantitative estimate of drug-likeness (QED) is 0.620. The maximum Gasteiger partial charge on any atom is 0.229 e. The first-order chi connectivity index (χ1) is 6.00. The topological polar surface area (TPSA) is 63.4 Å². The lowest BCUT2D eigenvalue weighted by atomic mass is 9.97. The molecule has 0 radical (unpaired) electrons. The SMILES string of the molecule is CC(N)CN1C(=O)CC(C)CC1=O. The Morgan fingerprint density at radius 1 is 1.46 bits per heavy atom. The Kier molecular flexibility index (Phi) is 3.03. The van der Waals surface area contributed by atoms with Crippen LogP contribution in [0.5, 0.6) is 0 Å². The van der Waals surface area contributed by atoms with Gasteiger partial charge in [0.1, 0.15) is 0 Å². The van der Waals surface area contributed by atoms with Crippen molar-refractivity contribution in [2.24, 2.45) is 11.7 Å². The molecule has 1 fully saturated rings. The van der Waals surface area contributed by atoms with Crippen molar-refractivity contribution in [1.82, 2.24) is 4.90 Å². The van der Waals surface area contributed by atoms with E-state index in [1.165, 1.54) is 4.90 Å². The first-order valence-electron chi connectivity index (χ1n) is 4.59. The van der Waals surface area contributed by atoms with E-state index in [0.29, 0.717) is 19.4 Å². The van der Waals surface area contributed by atoms with Gasteiger partial charge in [0.15, 0.2) is 0 Å². The number of hydrogen-bond acceptors (Lipinski definition) is 3. The molecular weight excluding hydrogens is 168 g/mol. The summed E-state index contributed by atoms with van der Waals surface area (Å²) < 4.78 is 0. The predicted molar refractivity (Wildman–Crippen MR) is 48.8 cm³/mol. The van der Waals surface area contributed by atoms with Crippen molar-refractivity contribution in [2.75, 3.05) is 6.54 Å². The lowest BCUT2D eigenvalue weighted by molar-refractivity contribution is -0.149. The van der Waals surface area contributed by atoms with Crippen molar-refractivity contribution >= 4 is 11.8 Å². The Labute approximate surface area is 78.1 Å². The average molecular weight is 184 g/mol. The molecule has 0 aromatic carbocycles. The molecule has 1 atom stereocenters. The number of likely N-dealkylation sites (tertiary alicyclic amines) is 1. The minimum atomic E-state index is -0.138. The van der Waals surface area contributed by atoms with Crippen LogP contribution in [0.2, 0.25) is 0 Å². The monoisotopic (exact) mass is 184 g/mol. The van der Waals surface area contributed by atoms with E-state index in [4.69, 9.17) is 5.73 Å². The van der Waals surface area contributed by atoms with Crippen LogP contribution in [-0.2, 0) is 9.59 Å². The fourth-order valence-corrected chi connectivity index (χ4v) is 1.52. The highest BCUT2D eigenvalue weighted by atomic mass is 16.2. The Hall–Kier alpha value is -0.900. The number of nitrogens with zero attached hydrogens (tertiary/aromatic N) is 1. The molecule has 1 aliphatic rings. The summed E-state index contributed by atoms with van der Waals surface area (Å²) >= 11 is 0. The van der Waals surface area contributed by atoms with Crippen LogP contribution >= 0.6 is 0 Å². The fraction of sp³-hybridized carbons (Fsp3) is 0.778. The van der Waals surface area contributed by atoms with Gasteiger partial charge in [0, 0.05) is 25.4 Å². The Morgan fingerprint density at radius 3 is 2.31 bits per heavy atom. The van der Waals surface area contributed by atoms with Crippen LogP contribution in [0.4, 0.5) is 0 Å². The van der Waals surface area contributed by atoms with E-state index >= 15 is 0 Å². The Morgan fingerprint density at radius 2 is 1.92 bits per heavy atom. The molecular formula is C9H16N2O2. The molecule has 4 nitrogen and oxygen atoms in total. The molecule has 1 unspecified atom stereocenters. The molecule has 2 N–H and O–H groups in total. The number of hydrogen-bond donors (Lipinski definition) is 1. The number of piperidine rings is 1. The lowest BCUT2D eigenvalue weighted by Gasteiger charge is -2.29. The van der Waals surface area contributed by atoms with E-state index in [0.717, 1.165) is 0 Å². The summed E-state index contributed by atoms with van der Waals surface area (Å²) in [5.74, 6) is 0.0198. The molecule has 13 heavy (non-hydrogen) atoms. The summed E-state index contributed by atoms with van der Waals surface area (Å²) in [6.45, 7) is 4.06. The highest BCUT2D eigenvalue weighted by molar-refractivity contribution is 5.97. The molecule has 1 heterocycles. The molecule has 0 saturated carbocycles. The standard InChI is InChI=1S/C9H16N2O2/c1-6-3-8(12)11(5-7(2)10)9(13)4-6/h6-7H,3-5,10H2,1-2H3. The summed E-state index contributed by atoms with van der Waals surface area (Å²) in [7, 11) is 0. The van der Waals surface area contributed by atoms with E-state index in [1.807, 2.05) is 6.92 Å². The number of nitrogens with two attached hydrogens (primary N) is 1. The van der Waals surface area contributed by atoms with E-state index < -0.39 is 0 Å². The molecule has 0 spiro atoms. The molecule has 74 valence electrons. The normalized spacial score (nSPS) is 22.2. The van der Waals surface area contributed by atoms with Crippen molar-refractivity contribution in [3.63, 3.8) is 0 Å². The van der Waals surface area contributed by atoms with Gasteiger partial charge in [-0.15, -0.1) is 0 Å². The van der Waals surface area contributed by atoms with Crippen LogP contribution in [0.25, 0.3) is 0 Å². The molecule has 0 aromatic rings. The maximum absolute atomic E-state index is 11.4. The van der Waals surface area contributed by atoms with Crippen molar-refractivity contribution < 1.29 is 9.59 Å². The van der Waals surface area contributed by atoms with Crippen molar-refractivity contribution in [1.29, 1.82) is 0 Å². The zero-order chi connectivity index (χ0) is 10.0. The van der Waals surface area contributed by atoms with Gasteiger partial charge in [-0.3, -0.25) is 14.5 Å². The third-order valence-corrected chi connectivity index (χ3v) is 2.12. The molecule has 1 saturated heterocycles. The third-order valence-electron chi connectivity index (χ3n) is 2.12. The first kappa shape index (κ1) is 10.2. The maximum atomic E-state index is 11.4. The second-order valence-corrected chi connectivity index (χ2v) is 3.89. The van der Waals surface area contributed by atoms with Gasteiger partial charge < -0.3 is 5.73 Å². The van der Waals surface area contributed by atoms with Gasteiger partial charge in [-0.05, 0) is 12.8 Å². The average Bonchev–Trinajstić information content (AvgIpc) is 1.96. The second kappa shape index (κ2) is 3.87. The summed E-state index contributed by atoms with van der Waals surface area (Å²) in [6.07, 6.45) is 0.941. The molecule has 1 aliphatic heterocycles. The smallest absolute Gasteiger partial charge is 0.229 e. The molecule has 0 aliphatic carbocycles. The largest absolute Gasteiger partial charge is 0.326 e. The van der Waals surface area contributed by atoms with Crippen LogP contribution in [0, 0.1) is 5.92 Å². The minimum Gasteiger partial charge on any atom is -0.326 e. The summed E-state index contributed by atoms with van der Waals surface area (Å²) in [4.78, 5) is 24.1. The second-order valence-electron chi connectivity index (χ2n) is 3.89. The molecule has 2 amide bonds. The van der Waals surface area contributed by atoms with E-state index in [1.54, 1.807) is 6.92 Å². The number of rotatable bonds is 2. The zero-order valence-electron chi connectivity index (χ0n) is 8.12. The van der Waals surface area contributed by atoms with Crippen LogP contribution in [0.15, 0.2) is 0 Å². The minimum absolute atomic E-state index is 0.0824. The number of carbonyl (C=O) groups excluding carboxylic acids is 2. The van der Waals surface area contributed by atoms with Crippen LogP contribution < -0.4 is 5.73 Å². The first-order valence-corrected chi connectivity index (χ1v) is 4.59. The molecule has 0 bridgehead atoms. The molecule has 0 aromatic heterocycles. The predicted octanol–water partition coefficient (Wildman–Crippen LogP) is 0.119. The van der Waals surface area contributed by atoms with Gasteiger partial charge in [-0.1, -0.05) is 6.92 Å². The third kappa shape index (κ3) is 2.52. The fourth-order valence-electron chi connectivity index (χ4n) is 1.52. The Bertz CT molecular complexity index is 208. The summed E-state index contributed by atoms with van der Waals surface area (Å²) in [6, 6.07) is -0.138. The van der Waals surface area contributed by atoms with Gasteiger partial charge >= 0.3 is 0 Å². The lowest BCUT2D eigenvalue weighted by Crippen LogP contribution is -2.47. The highest BCUT2D eigenvalue weighted by Gasteiger charge is 2.30. The van der Waals surface area contributed by atoms with Gasteiger partial charge in [0.25, 0.3) is 0 Å². The Balaban J connectivity index is 2.62. The van der Waals surface area contributed by atoms with Crippen molar-refractivity contribution in [3.05, 3.63) is 0 Å². The van der Waals surface area contributed by atoms with E-state index in [-0.39, 0.29) is 23.8 Å². The van der Waals surface area contributed by atoms with E-state index in [9.17, 15) is 9.59 Å². The van der Waals surface area contributed by atoms with Gasteiger partial charge in [-0.25, -0.2) is 0 Å². The van der Waals surface area contributed by atoms with Gasteiger partial charge in [-0.2, -0.15) is 0 Å². The van der Waals surface area contributed by atoms with Crippen LogP contribution in [-0.4, -0.2) is 29.3 Å². The van der Waals surface area contributed by atoms with Crippen LogP contribution in [0.1, 0.15) is 26.7 Å².